The maximum atomic E-state index is 11.6. The summed E-state index contributed by atoms with van der Waals surface area (Å²) < 4.78 is 3.64. The molecule has 16 heavy (non-hydrogen) atoms. The number of hydrogen-bond acceptors (Lipinski definition) is 2. The van der Waals surface area contributed by atoms with Crippen molar-refractivity contribution in [1.29, 1.82) is 0 Å². The molecule has 0 N–H and O–H groups in total. The number of carbonyl (C=O) groups excluding carboxylic acids is 1. The average Bonchev–Trinajstić information content (AvgIpc) is 2.88. The van der Waals surface area contributed by atoms with Gasteiger partial charge >= 0.3 is 5.97 Å². The van der Waals surface area contributed by atoms with Crippen LogP contribution in [0.15, 0.2) is 0 Å². The Bertz CT molecular complexity index is 250. The van der Waals surface area contributed by atoms with Crippen LogP contribution in [0.4, 0.5) is 0 Å². The number of hydrogen-bond donors (Lipinski definition) is 0. The molecule has 1 aliphatic carbocycles. The van der Waals surface area contributed by atoms with E-state index in [1.165, 1.54) is 0 Å². The second-order valence-corrected chi connectivity index (χ2v) is 6.52. The standard InChI is InChI=1S/C11H17Cl3O2/c1-3-5-6-7-8(10(15)16-4-2)9(7)11(12,13)14/h7-9H,3-6H2,1-2H3/t7-,8-,9-/m1/s1. The first kappa shape index (κ1) is 14.4. The van der Waals surface area contributed by atoms with Gasteiger partial charge in [-0.25, -0.2) is 0 Å². The molecular formula is C11H17Cl3O2. The number of rotatable bonds is 5. The summed E-state index contributed by atoms with van der Waals surface area (Å²) in [5, 5.41) is 0. The fourth-order valence-corrected chi connectivity index (χ4v) is 3.07. The minimum atomic E-state index is -1.35. The van der Waals surface area contributed by atoms with Gasteiger partial charge in [0.25, 0.3) is 0 Å². The van der Waals surface area contributed by atoms with Crippen LogP contribution in [0, 0.1) is 17.8 Å². The van der Waals surface area contributed by atoms with Crippen LogP contribution in [0.5, 0.6) is 0 Å². The summed E-state index contributed by atoms with van der Waals surface area (Å²) in [7, 11) is 0. The fraction of sp³-hybridized carbons (Fsp3) is 0.909. The van der Waals surface area contributed by atoms with Crippen molar-refractivity contribution >= 4 is 40.8 Å². The lowest BCUT2D eigenvalue weighted by atomic mass is 10.1. The van der Waals surface area contributed by atoms with Crippen LogP contribution < -0.4 is 0 Å². The summed E-state index contributed by atoms with van der Waals surface area (Å²) in [6, 6.07) is 0. The molecular weight excluding hydrogens is 270 g/mol. The van der Waals surface area contributed by atoms with Gasteiger partial charge in [-0.1, -0.05) is 54.6 Å². The number of ether oxygens (including phenoxy) is 1. The van der Waals surface area contributed by atoms with Crippen LogP contribution in [0.25, 0.3) is 0 Å². The summed E-state index contributed by atoms with van der Waals surface area (Å²) in [4.78, 5) is 11.6. The van der Waals surface area contributed by atoms with Crippen LogP contribution >= 0.6 is 34.8 Å². The number of alkyl halides is 3. The van der Waals surface area contributed by atoms with Crippen molar-refractivity contribution in [2.75, 3.05) is 6.61 Å². The van der Waals surface area contributed by atoms with Crippen molar-refractivity contribution in [2.45, 2.75) is 36.9 Å². The normalized spacial score (nSPS) is 28.9. The smallest absolute Gasteiger partial charge is 0.309 e. The van der Waals surface area contributed by atoms with Crippen LogP contribution in [0.2, 0.25) is 0 Å². The number of halogens is 3. The van der Waals surface area contributed by atoms with Crippen LogP contribution in [-0.4, -0.2) is 16.4 Å². The van der Waals surface area contributed by atoms with E-state index in [1.54, 1.807) is 6.92 Å². The molecule has 0 saturated heterocycles. The Morgan fingerprint density at radius 3 is 2.38 bits per heavy atom. The summed E-state index contributed by atoms with van der Waals surface area (Å²) >= 11 is 17.6. The molecule has 1 fully saturated rings. The Kier molecular flexibility index (Phi) is 5.21. The molecule has 0 aromatic heterocycles. The number of esters is 1. The molecule has 94 valence electrons. The largest absolute Gasteiger partial charge is 0.466 e. The Balaban J connectivity index is 2.58. The summed E-state index contributed by atoms with van der Waals surface area (Å²) in [6.07, 6.45) is 3.06. The van der Waals surface area contributed by atoms with Gasteiger partial charge in [0.05, 0.1) is 12.5 Å². The average molecular weight is 288 g/mol. The van der Waals surface area contributed by atoms with Gasteiger partial charge in [-0.2, -0.15) is 0 Å². The molecule has 0 amide bonds. The maximum Gasteiger partial charge on any atom is 0.309 e. The third-order valence-corrected chi connectivity index (χ3v) is 3.75. The summed E-state index contributed by atoms with van der Waals surface area (Å²) in [5.74, 6) is -0.450. The molecule has 0 aromatic rings. The molecule has 0 spiro atoms. The molecule has 5 heteroatoms. The lowest BCUT2D eigenvalue weighted by Crippen LogP contribution is -2.14. The SMILES string of the molecule is CCCC[C@@H]1[C@@H](C(=O)OCC)[C@@H]1C(Cl)(Cl)Cl. The molecule has 0 heterocycles. The molecule has 0 unspecified atom stereocenters. The number of carbonyl (C=O) groups is 1. The van der Waals surface area contributed by atoms with E-state index < -0.39 is 3.79 Å². The third kappa shape index (κ3) is 3.41. The second kappa shape index (κ2) is 5.79. The van der Waals surface area contributed by atoms with Crippen LogP contribution in [-0.2, 0) is 9.53 Å². The Hall–Kier alpha value is 0.340. The van der Waals surface area contributed by atoms with Crippen molar-refractivity contribution in [3.63, 3.8) is 0 Å². The summed E-state index contributed by atoms with van der Waals surface area (Å²) in [5.41, 5.74) is 0. The maximum absolute atomic E-state index is 11.6. The Morgan fingerprint density at radius 2 is 1.94 bits per heavy atom. The van der Waals surface area contributed by atoms with Gasteiger partial charge in [0.2, 0.25) is 0 Å². The van der Waals surface area contributed by atoms with Gasteiger partial charge in [0, 0.05) is 5.92 Å². The summed E-state index contributed by atoms with van der Waals surface area (Å²) in [6.45, 7) is 4.26. The van der Waals surface area contributed by atoms with Gasteiger partial charge in [-0.15, -0.1) is 0 Å². The van der Waals surface area contributed by atoms with Gasteiger partial charge in [0.15, 0.2) is 3.79 Å². The van der Waals surface area contributed by atoms with Crippen molar-refractivity contribution in [3.05, 3.63) is 0 Å². The molecule has 0 bridgehead atoms. The van der Waals surface area contributed by atoms with Gasteiger partial charge in [0.1, 0.15) is 0 Å². The van der Waals surface area contributed by atoms with Gasteiger partial charge < -0.3 is 4.74 Å². The molecule has 3 atom stereocenters. The van der Waals surface area contributed by atoms with Gasteiger partial charge in [-0.3, -0.25) is 4.79 Å². The predicted octanol–water partition coefficient (Wildman–Crippen LogP) is 3.97. The highest BCUT2D eigenvalue weighted by molar-refractivity contribution is 6.68. The highest BCUT2D eigenvalue weighted by Crippen LogP contribution is 2.60. The molecule has 1 saturated carbocycles. The molecule has 0 aromatic carbocycles. The molecule has 1 aliphatic rings. The molecule has 0 aliphatic heterocycles. The zero-order valence-corrected chi connectivity index (χ0v) is 11.8. The minimum absolute atomic E-state index is 0.173. The zero-order chi connectivity index (χ0) is 12.3. The second-order valence-electron chi connectivity index (χ2n) is 4.15. The highest BCUT2D eigenvalue weighted by atomic mass is 35.6. The van der Waals surface area contributed by atoms with Crippen molar-refractivity contribution in [1.82, 2.24) is 0 Å². The van der Waals surface area contributed by atoms with E-state index in [4.69, 9.17) is 39.5 Å². The first-order valence-corrected chi connectivity index (χ1v) is 6.80. The van der Waals surface area contributed by atoms with Gasteiger partial charge in [-0.05, 0) is 19.3 Å². The Morgan fingerprint density at radius 1 is 1.31 bits per heavy atom. The molecule has 0 radical (unpaired) electrons. The van der Waals surface area contributed by atoms with E-state index in [-0.39, 0.29) is 23.7 Å². The quantitative estimate of drug-likeness (QED) is 0.565. The van der Waals surface area contributed by atoms with Crippen molar-refractivity contribution in [3.8, 4) is 0 Å². The van der Waals surface area contributed by atoms with E-state index in [2.05, 4.69) is 6.92 Å². The lowest BCUT2D eigenvalue weighted by molar-refractivity contribution is -0.145. The monoisotopic (exact) mass is 286 g/mol. The fourth-order valence-electron chi connectivity index (χ4n) is 2.18. The van der Waals surface area contributed by atoms with E-state index in [0.29, 0.717) is 6.61 Å². The highest BCUT2D eigenvalue weighted by Gasteiger charge is 2.63. The van der Waals surface area contributed by atoms with E-state index >= 15 is 0 Å². The molecule has 1 rings (SSSR count). The van der Waals surface area contributed by atoms with E-state index in [0.717, 1.165) is 19.3 Å². The first-order valence-electron chi connectivity index (χ1n) is 5.66. The third-order valence-electron chi connectivity index (χ3n) is 3.00. The van der Waals surface area contributed by atoms with Crippen LogP contribution in [0.1, 0.15) is 33.1 Å². The van der Waals surface area contributed by atoms with Crippen molar-refractivity contribution in [2.24, 2.45) is 17.8 Å². The van der Waals surface area contributed by atoms with E-state index in [1.807, 2.05) is 0 Å². The zero-order valence-electron chi connectivity index (χ0n) is 9.51. The first-order chi connectivity index (χ1) is 7.43. The predicted molar refractivity (Wildman–Crippen MR) is 66.9 cm³/mol. The van der Waals surface area contributed by atoms with Crippen LogP contribution in [0.3, 0.4) is 0 Å². The van der Waals surface area contributed by atoms with Crippen molar-refractivity contribution < 1.29 is 9.53 Å². The van der Waals surface area contributed by atoms with E-state index in [9.17, 15) is 4.79 Å². The number of unbranched alkanes of at least 4 members (excludes halogenated alkanes) is 1. The lowest BCUT2D eigenvalue weighted by Gasteiger charge is -2.09. The molecule has 2 nitrogen and oxygen atoms in total. The minimum Gasteiger partial charge on any atom is -0.466 e. The topological polar surface area (TPSA) is 26.3 Å². The Labute approximate surface area is 112 Å².